The largest absolute Gasteiger partial charge is 0.493 e. The molecule has 0 saturated carbocycles. The molecule has 1 N–H and O–H groups in total. The van der Waals surface area contributed by atoms with Crippen LogP contribution in [0.3, 0.4) is 0 Å². The van der Waals surface area contributed by atoms with E-state index >= 15 is 0 Å². The van der Waals surface area contributed by atoms with E-state index in [4.69, 9.17) is 9.47 Å². The minimum Gasteiger partial charge on any atom is -0.493 e. The van der Waals surface area contributed by atoms with Gasteiger partial charge in [-0.15, -0.1) is 0 Å². The van der Waals surface area contributed by atoms with Crippen LogP contribution in [0.15, 0.2) is 60.7 Å². The average Bonchev–Trinajstić information content (AvgIpc) is 2.78. The van der Waals surface area contributed by atoms with E-state index in [1.807, 2.05) is 12.1 Å². The summed E-state index contributed by atoms with van der Waals surface area (Å²) in [6.07, 6.45) is 2.13. The van der Waals surface area contributed by atoms with Crippen LogP contribution >= 0.6 is 0 Å². The highest BCUT2D eigenvalue weighted by molar-refractivity contribution is 7.92. The summed E-state index contributed by atoms with van der Waals surface area (Å²) in [6, 6.07) is 20.1. The molecular weight excluding hydrogens is 424 g/mol. The molecule has 32 heavy (non-hydrogen) atoms. The number of nitrogens with one attached hydrogen (secondary N) is 1. The predicted molar refractivity (Wildman–Crippen MR) is 128 cm³/mol. The molecule has 0 radical (unpaired) electrons. The van der Waals surface area contributed by atoms with Gasteiger partial charge < -0.3 is 9.47 Å². The molecule has 7 heteroatoms. The third-order valence-electron chi connectivity index (χ3n) is 5.68. The Morgan fingerprint density at radius 2 is 1.44 bits per heavy atom. The van der Waals surface area contributed by atoms with Crippen LogP contribution in [-0.4, -0.2) is 40.3 Å². The van der Waals surface area contributed by atoms with Gasteiger partial charge >= 0.3 is 0 Å². The summed E-state index contributed by atoms with van der Waals surface area (Å²) >= 11 is 0. The van der Waals surface area contributed by atoms with Crippen LogP contribution in [0.2, 0.25) is 0 Å². The zero-order chi connectivity index (χ0) is 22.7. The van der Waals surface area contributed by atoms with Crippen LogP contribution < -0.4 is 14.2 Å². The summed E-state index contributed by atoms with van der Waals surface area (Å²) in [7, 11) is 0.0708. The molecule has 1 heterocycles. The second kappa shape index (κ2) is 9.22. The quantitative estimate of drug-likeness (QED) is 0.579. The lowest BCUT2D eigenvalue weighted by Gasteiger charge is -2.29. The van der Waals surface area contributed by atoms with Crippen LogP contribution in [0, 0.1) is 0 Å². The molecule has 0 amide bonds. The molecule has 0 fully saturated rings. The maximum atomic E-state index is 11.4. The van der Waals surface area contributed by atoms with E-state index < -0.39 is 10.0 Å². The smallest absolute Gasteiger partial charge is 0.229 e. The fourth-order valence-corrected chi connectivity index (χ4v) is 4.65. The lowest BCUT2D eigenvalue weighted by Crippen LogP contribution is -2.30. The van der Waals surface area contributed by atoms with E-state index in [-0.39, 0.29) is 0 Å². The zero-order valence-electron chi connectivity index (χ0n) is 18.6. The van der Waals surface area contributed by atoms with Gasteiger partial charge in [0.05, 0.1) is 20.5 Å². The second-order valence-corrected chi connectivity index (χ2v) is 9.83. The molecule has 0 atom stereocenters. The van der Waals surface area contributed by atoms with E-state index in [0.29, 0.717) is 5.69 Å². The Kier molecular flexibility index (Phi) is 6.39. The summed E-state index contributed by atoms with van der Waals surface area (Å²) in [5.74, 6) is 1.56. The molecule has 0 aromatic heterocycles. The Bertz CT molecular complexity index is 1190. The molecule has 1 aliphatic rings. The summed E-state index contributed by atoms with van der Waals surface area (Å²) in [5.41, 5.74) is 6.57. The lowest BCUT2D eigenvalue weighted by atomic mass is 9.98. The number of nitrogens with zero attached hydrogens (tertiary/aromatic N) is 1. The zero-order valence-corrected chi connectivity index (χ0v) is 19.4. The van der Waals surface area contributed by atoms with E-state index in [0.717, 1.165) is 54.9 Å². The van der Waals surface area contributed by atoms with E-state index in [1.54, 1.807) is 26.4 Å². The first-order valence-corrected chi connectivity index (χ1v) is 12.4. The van der Waals surface area contributed by atoms with Gasteiger partial charge in [-0.1, -0.05) is 36.4 Å². The van der Waals surface area contributed by atoms with Crippen molar-refractivity contribution in [1.82, 2.24) is 4.90 Å². The van der Waals surface area contributed by atoms with Crippen LogP contribution in [-0.2, 0) is 29.5 Å². The van der Waals surface area contributed by atoms with Crippen molar-refractivity contribution in [1.29, 1.82) is 0 Å². The molecule has 0 bridgehead atoms. The third kappa shape index (κ3) is 5.23. The van der Waals surface area contributed by atoms with Crippen LogP contribution in [0.5, 0.6) is 11.5 Å². The summed E-state index contributed by atoms with van der Waals surface area (Å²) in [5, 5.41) is 0. The van der Waals surface area contributed by atoms with Gasteiger partial charge in [-0.05, 0) is 58.5 Å². The van der Waals surface area contributed by atoms with Crippen molar-refractivity contribution >= 4 is 15.7 Å². The number of rotatable bonds is 7. The summed E-state index contributed by atoms with van der Waals surface area (Å²) < 4.78 is 36.1. The highest BCUT2D eigenvalue weighted by atomic mass is 32.2. The molecular formula is C25H28N2O4S. The number of anilines is 1. The molecule has 0 saturated heterocycles. The third-order valence-corrected chi connectivity index (χ3v) is 6.29. The normalized spacial score (nSPS) is 14.0. The van der Waals surface area contributed by atoms with Crippen molar-refractivity contribution in [2.75, 3.05) is 31.7 Å². The Hall–Kier alpha value is -3.03. The number of benzene rings is 3. The molecule has 6 nitrogen and oxygen atoms in total. The molecule has 0 unspecified atom stereocenters. The van der Waals surface area contributed by atoms with Gasteiger partial charge in [0.2, 0.25) is 10.0 Å². The highest BCUT2D eigenvalue weighted by Gasteiger charge is 2.19. The van der Waals surface area contributed by atoms with Crippen LogP contribution in [0.1, 0.15) is 16.7 Å². The lowest BCUT2D eigenvalue weighted by molar-refractivity contribution is 0.244. The van der Waals surface area contributed by atoms with Crippen molar-refractivity contribution in [3.8, 4) is 22.6 Å². The van der Waals surface area contributed by atoms with Crippen molar-refractivity contribution in [3.05, 3.63) is 77.4 Å². The van der Waals surface area contributed by atoms with Crippen LogP contribution in [0.25, 0.3) is 11.1 Å². The number of sulfonamides is 1. The average molecular weight is 453 g/mol. The fourth-order valence-electron chi connectivity index (χ4n) is 4.08. The van der Waals surface area contributed by atoms with Crippen LogP contribution in [0.4, 0.5) is 5.69 Å². The Morgan fingerprint density at radius 3 is 2.00 bits per heavy atom. The van der Waals surface area contributed by atoms with E-state index in [1.165, 1.54) is 16.7 Å². The molecule has 3 aromatic carbocycles. The Morgan fingerprint density at radius 1 is 0.875 bits per heavy atom. The summed E-state index contributed by atoms with van der Waals surface area (Å²) in [6.45, 7) is 2.76. The van der Waals surface area contributed by atoms with Gasteiger partial charge in [0.1, 0.15) is 0 Å². The van der Waals surface area contributed by atoms with Crippen molar-refractivity contribution in [2.24, 2.45) is 0 Å². The number of hydrogen-bond donors (Lipinski definition) is 1. The SMILES string of the molecule is COc1cc2c(cc1OC)CN(Cc1ccc(-c3ccc(NS(C)(=O)=O)cc3)cc1)CC2. The first-order chi connectivity index (χ1) is 15.3. The standard InChI is InChI=1S/C25H28N2O4S/c1-30-24-14-21-12-13-27(17-22(21)15-25(24)31-2)16-18-4-6-19(7-5-18)20-8-10-23(11-9-20)26-32(3,28)29/h4-11,14-15,26H,12-13,16-17H2,1-3H3. The topological polar surface area (TPSA) is 67.9 Å². The minimum atomic E-state index is -3.27. The van der Waals surface area contributed by atoms with Crippen molar-refractivity contribution < 1.29 is 17.9 Å². The molecule has 3 aromatic rings. The molecule has 0 spiro atoms. The van der Waals surface area contributed by atoms with Gasteiger partial charge in [0.15, 0.2) is 11.5 Å². The Balaban J connectivity index is 1.42. The summed E-state index contributed by atoms with van der Waals surface area (Å²) in [4.78, 5) is 2.44. The van der Waals surface area contributed by atoms with Gasteiger partial charge in [0.25, 0.3) is 0 Å². The molecule has 168 valence electrons. The first kappa shape index (κ1) is 22.2. The van der Waals surface area contributed by atoms with Gasteiger partial charge in [-0.2, -0.15) is 0 Å². The number of ether oxygens (including phenoxy) is 2. The maximum absolute atomic E-state index is 11.4. The maximum Gasteiger partial charge on any atom is 0.229 e. The fraction of sp³-hybridized carbons (Fsp3) is 0.280. The van der Waals surface area contributed by atoms with Gasteiger partial charge in [0, 0.05) is 25.3 Å². The molecule has 4 rings (SSSR count). The van der Waals surface area contributed by atoms with E-state index in [9.17, 15) is 8.42 Å². The number of fused-ring (bicyclic) bond motifs is 1. The van der Waals surface area contributed by atoms with Gasteiger partial charge in [-0.25, -0.2) is 8.42 Å². The number of methoxy groups -OCH3 is 2. The first-order valence-electron chi connectivity index (χ1n) is 10.5. The minimum absolute atomic E-state index is 0.563. The van der Waals surface area contributed by atoms with Crippen molar-refractivity contribution in [2.45, 2.75) is 19.5 Å². The number of hydrogen-bond acceptors (Lipinski definition) is 5. The predicted octanol–water partition coefficient (Wildman–Crippen LogP) is 4.30. The highest BCUT2D eigenvalue weighted by Crippen LogP contribution is 2.33. The monoisotopic (exact) mass is 452 g/mol. The second-order valence-electron chi connectivity index (χ2n) is 8.09. The van der Waals surface area contributed by atoms with E-state index in [2.05, 4.69) is 46.0 Å². The molecule has 0 aliphatic carbocycles. The molecule has 1 aliphatic heterocycles. The van der Waals surface area contributed by atoms with Gasteiger partial charge in [-0.3, -0.25) is 9.62 Å². The Labute approximate surface area is 189 Å². The van der Waals surface area contributed by atoms with Crippen molar-refractivity contribution in [3.63, 3.8) is 0 Å².